The monoisotopic (exact) mass is 251 g/mol. The molecule has 1 aromatic carbocycles. The zero-order valence-electron chi connectivity index (χ0n) is 8.60. The number of carbonyl (C=O) groups is 1. The smallest absolute Gasteiger partial charge is 1.00 e. The Labute approximate surface area is 128 Å². The average Bonchev–Trinajstić information content (AvgIpc) is 2.06. The van der Waals surface area contributed by atoms with Gasteiger partial charge in [-0.25, -0.2) is 0 Å². The summed E-state index contributed by atoms with van der Waals surface area (Å²) in [6.07, 6.45) is 0.385. The summed E-state index contributed by atoms with van der Waals surface area (Å²) in [5.41, 5.74) is 6.30. The van der Waals surface area contributed by atoms with Gasteiger partial charge in [0.25, 0.3) is 0 Å². The number of hydrogen-bond donors (Lipinski definition) is 2. The molecule has 4 heteroatoms. The third-order valence-corrected chi connectivity index (χ3v) is 1.62. The first-order chi connectivity index (χ1) is 5.70. The molecule has 1 rings (SSSR count). The molecule has 0 bridgehead atoms. The van der Waals surface area contributed by atoms with Gasteiger partial charge in [0, 0.05) is 0 Å². The van der Waals surface area contributed by atoms with Crippen LogP contribution in [0.3, 0.4) is 0 Å². The summed E-state index contributed by atoms with van der Waals surface area (Å²) in [6, 6.07) is 8.54. The van der Waals surface area contributed by atoms with Crippen molar-refractivity contribution < 1.29 is 69.5 Å². The van der Waals surface area contributed by atoms with Crippen LogP contribution in [0, 0.1) is 0 Å². The Morgan fingerprint density at radius 2 is 2.00 bits per heavy atom. The average molecular weight is 252 g/mol. The Morgan fingerprint density at radius 1 is 1.46 bits per heavy atom. The number of aliphatic carboxylic acids is 1. The molecule has 1 aromatic rings. The predicted octanol–water partition coefficient (Wildman–Crippen LogP) is -2.24. The molecule has 0 aromatic heterocycles. The molecule has 66 valence electrons. The van der Waals surface area contributed by atoms with Crippen LogP contribution in [-0.2, 0) is 11.2 Å². The van der Waals surface area contributed by atoms with Gasteiger partial charge >= 0.3 is 64.2 Å². The van der Waals surface area contributed by atoms with E-state index in [0.29, 0.717) is 6.42 Å². The van der Waals surface area contributed by atoms with Gasteiger partial charge < -0.3 is 12.3 Å². The van der Waals surface area contributed by atoms with E-state index in [9.17, 15) is 4.79 Å². The van der Waals surface area contributed by atoms with Crippen molar-refractivity contribution in [3.05, 3.63) is 35.9 Å². The molecule has 3 nitrogen and oxygen atoms in total. The van der Waals surface area contributed by atoms with Gasteiger partial charge in [0.1, 0.15) is 6.04 Å². The third kappa shape index (κ3) is 5.03. The number of nitrogens with two attached hydrogens (primary N) is 1. The molecule has 0 fully saturated rings. The fourth-order valence-electron chi connectivity index (χ4n) is 0.955. The van der Waals surface area contributed by atoms with E-state index in [1.54, 1.807) is 0 Å². The maximum atomic E-state index is 10.4. The maximum Gasteiger partial charge on any atom is 1.00 e. The summed E-state index contributed by atoms with van der Waals surface area (Å²) in [5.74, 6) is -0.959. The molecule has 0 amide bonds. The Balaban J connectivity index is 0. The van der Waals surface area contributed by atoms with Crippen LogP contribution in [0.4, 0.5) is 0 Å². The van der Waals surface area contributed by atoms with E-state index in [-0.39, 0.29) is 59.6 Å². The number of carboxylic acids is 1. The van der Waals surface area contributed by atoms with E-state index < -0.39 is 12.0 Å². The summed E-state index contributed by atoms with van der Waals surface area (Å²) < 4.78 is 0. The molecule has 0 saturated heterocycles. The molecule has 0 aliphatic carbocycles. The Hall–Kier alpha value is 0.455. The standard InChI is InChI=1S/C9H11NO2.Rb.H/c10-8(9(11)12)6-7-4-2-1-3-5-7;;/h1-5,8H,6,10H2,(H,11,12);;/q;+1;-1/t8-;;/m0../s1. The van der Waals surface area contributed by atoms with E-state index in [1.165, 1.54) is 0 Å². The number of hydrogen-bond acceptors (Lipinski definition) is 2. The molecule has 0 radical (unpaired) electrons. The minimum atomic E-state index is -0.959. The van der Waals surface area contributed by atoms with Crippen molar-refractivity contribution in [1.82, 2.24) is 0 Å². The molecule has 1 atom stereocenters. The van der Waals surface area contributed by atoms with Crippen LogP contribution >= 0.6 is 0 Å². The Morgan fingerprint density at radius 3 is 2.46 bits per heavy atom. The van der Waals surface area contributed by atoms with Crippen molar-refractivity contribution >= 4 is 5.97 Å². The maximum absolute atomic E-state index is 10.4. The van der Waals surface area contributed by atoms with Crippen LogP contribution in [0.1, 0.15) is 6.99 Å². The zero-order valence-corrected chi connectivity index (χ0v) is 12.5. The number of benzene rings is 1. The third-order valence-electron chi connectivity index (χ3n) is 1.62. The normalized spacial score (nSPS) is 11.5. The van der Waals surface area contributed by atoms with Gasteiger partial charge in [-0.3, -0.25) is 4.79 Å². The van der Waals surface area contributed by atoms with E-state index in [0.717, 1.165) is 5.56 Å². The minimum absolute atomic E-state index is 0. The fourth-order valence-corrected chi connectivity index (χ4v) is 0.955. The molecular weight excluding hydrogens is 240 g/mol. The first kappa shape index (κ1) is 13.5. The van der Waals surface area contributed by atoms with Crippen LogP contribution in [0.15, 0.2) is 30.3 Å². The van der Waals surface area contributed by atoms with Crippen molar-refractivity contribution in [2.24, 2.45) is 5.73 Å². The van der Waals surface area contributed by atoms with Gasteiger partial charge in [0.05, 0.1) is 0 Å². The van der Waals surface area contributed by atoms with Crippen LogP contribution < -0.4 is 63.9 Å². The quantitative estimate of drug-likeness (QED) is 0.639. The molecule has 0 aliphatic heterocycles. The predicted molar refractivity (Wildman–Crippen MR) is 46.9 cm³/mol. The molecular formula is C9H12NO2Rb. The van der Waals surface area contributed by atoms with Gasteiger partial charge in [-0.2, -0.15) is 0 Å². The van der Waals surface area contributed by atoms with Crippen molar-refractivity contribution in [3.8, 4) is 0 Å². The Kier molecular flexibility index (Phi) is 7.08. The van der Waals surface area contributed by atoms with E-state index in [2.05, 4.69) is 0 Å². The summed E-state index contributed by atoms with van der Waals surface area (Å²) in [7, 11) is 0. The van der Waals surface area contributed by atoms with Gasteiger partial charge in [0.15, 0.2) is 0 Å². The largest absolute Gasteiger partial charge is 1.00 e. The fraction of sp³-hybridized carbons (Fsp3) is 0.222. The van der Waals surface area contributed by atoms with Crippen LogP contribution in [-0.4, -0.2) is 17.1 Å². The molecule has 0 spiro atoms. The molecule has 0 saturated carbocycles. The van der Waals surface area contributed by atoms with Gasteiger partial charge in [-0.15, -0.1) is 0 Å². The number of carboxylic acid groups (broad SMARTS) is 1. The van der Waals surface area contributed by atoms with Crippen molar-refractivity contribution in [2.45, 2.75) is 12.5 Å². The summed E-state index contributed by atoms with van der Waals surface area (Å²) in [5, 5.41) is 8.52. The second-order valence-electron chi connectivity index (χ2n) is 2.63. The van der Waals surface area contributed by atoms with Gasteiger partial charge in [-0.1, -0.05) is 30.3 Å². The molecule has 3 N–H and O–H groups in total. The number of rotatable bonds is 3. The van der Waals surface area contributed by atoms with Crippen LogP contribution in [0.5, 0.6) is 0 Å². The SMILES string of the molecule is N[C@@H](Cc1ccccc1)C(=O)O.[H-].[Rb+]. The summed E-state index contributed by atoms with van der Waals surface area (Å²) in [4.78, 5) is 10.4. The minimum Gasteiger partial charge on any atom is -1.00 e. The van der Waals surface area contributed by atoms with E-state index in [4.69, 9.17) is 10.8 Å². The van der Waals surface area contributed by atoms with Crippen molar-refractivity contribution in [2.75, 3.05) is 0 Å². The van der Waals surface area contributed by atoms with Gasteiger partial charge in [0.2, 0.25) is 0 Å². The topological polar surface area (TPSA) is 63.3 Å². The van der Waals surface area contributed by atoms with Gasteiger partial charge in [-0.05, 0) is 12.0 Å². The van der Waals surface area contributed by atoms with E-state index in [1.807, 2.05) is 30.3 Å². The molecule has 0 aliphatic rings. The molecule has 13 heavy (non-hydrogen) atoms. The second kappa shape index (κ2) is 6.84. The summed E-state index contributed by atoms with van der Waals surface area (Å²) in [6.45, 7) is 0. The Bertz CT molecular complexity index is 269. The first-order valence-corrected chi connectivity index (χ1v) is 3.72. The second-order valence-corrected chi connectivity index (χ2v) is 2.63. The van der Waals surface area contributed by atoms with Crippen molar-refractivity contribution in [1.29, 1.82) is 0 Å². The van der Waals surface area contributed by atoms with Crippen LogP contribution in [0.2, 0.25) is 0 Å². The molecule has 0 unspecified atom stereocenters. The van der Waals surface area contributed by atoms with Crippen molar-refractivity contribution in [3.63, 3.8) is 0 Å². The van der Waals surface area contributed by atoms with Crippen LogP contribution in [0.25, 0.3) is 0 Å². The molecule has 0 heterocycles. The van der Waals surface area contributed by atoms with E-state index >= 15 is 0 Å². The first-order valence-electron chi connectivity index (χ1n) is 3.72. The summed E-state index contributed by atoms with van der Waals surface area (Å²) >= 11 is 0. The zero-order chi connectivity index (χ0) is 8.97.